The molecule has 122 valence electrons. The van der Waals surface area contributed by atoms with Crippen LogP contribution in [0.25, 0.3) is 11.3 Å². The van der Waals surface area contributed by atoms with E-state index in [1.807, 2.05) is 6.08 Å². The number of aromatic nitrogens is 1. The number of allylic oxidation sites excluding steroid dienone is 4. The number of aryl methyl sites for hydroxylation is 1. The summed E-state index contributed by atoms with van der Waals surface area (Å²) >= 11 is 0. The molecule has 0 fully saturated rings. The molecule has 0 saturated heterocycles. The minimum absolute atomic E-state index is 0.712. The van der Waals surface area contributed by atoms with E-state index in [-0.39, 0.29) is 0 Å². The summed E-state index contributed by atoms with van der Waals surface area (Å²) in [7, 11) is 0. The van der Waals surface area contributed by atoms with E-state index in [0.717, 1.165) is 18.7 Å². The fourth-order valence-corrected chi connectivity index (χ4v) is 2.70. The first-order valence-electron chi connectivity index (χ1n) is 8.15. The smallest absolute Gasteiger partial charge is 0.212 e. The van der Waals surface area contributed by atoms with Crippen LogP contribution >= 0.6 is 0 Å². The van der Waals surface area contributed by atoms with Crippen LogP contribution in [0.1, 0.15) is 18.9 Å². The molecule has 0 atom stereocenters. The Morgan fingerprint density at radius 1 is 1.17 bits per heavy atom. The third kappa shape index (κ3) is 4.63. The lowest BCUT2D eigenvalue weighted by Gasteiger charge is -2.09. The van der Waals surface area contributed by atoms with Crippen LogP contribution in [0.3, 0.4) is 0 Å². The Hall–Kier alpha value is -2.74. The van der Waals surface area contributed by atoms with E-state index in [0.29, 0.717) is 6.42 Å². The molecule has 0 aliphatic heterocycles. The van der Waals surface area contributed by atoms with Crippen molar-refractivity contribution in [3.8, 4) is 11.3 Å². The van der Waals surface area contributed by atoms with E-state index in [1.165, 1.54) is 22.4 Å². The van der Waals surface area contributed by atoms with E-state index in [1.54, 1.807) is 0 Å². The monoisotopic (exact) mass is 317 g/mol. The molecule has 0 saturated carbocycles. The van der Waals surface area contributed by atoms with E-state index < -0.39 is 0 Å². The van der Waals surface area contributed by atoms with Gasteiger partial charge in [0.05, 0.1) is 0 Å². The number of nitrogens with zero attached hydrogens (tertiary/aromatic N) is 2. The summed E-state index contributed by atoms with van der Waals surface area (Å²) in [6, 6.07) is 14.7. The van der Waals surface area contributed by atoms with Crippen molar-refractivity contribution in [2.75, 3.05) is 0 Å². The van der Waals surface area contributed by atoms with Gasteiger partial charge in [0.1, 0.15) is 0 Å². The minimum Gasteiger partial charge on any atom is -0.269 e. The molecular weight excluding hydrogens is 292 g/mol. The Kier molecular flexibility index (Phi) is 6.44. The normalized spacial score (nSPS) is 11.1. The highest BCUT2D eigenvalue weighted by Gasteiger charge is 2.15. The lowest BCUT2D eigenvalue weighted by atomic mass is 10.00. The molecule has 1 aromatic heterocycles. The van der Waals surface area contributed by atoms with Crippen LogP contribution in [0.5, 0.6) is 0 Å². The average molecular weight is 317 g/mol. The minimum atomic E-state index is 0.712. The molecular formula is C22H25N2+. The van der Waals surface area contributed by atoms with Crippen LogP contribution in [0.4, 0.5) is 0 Å². The summed E-state index contributed by atoms with van der Waals surface area (Å²) in [5, 5.41) is 0. The van der Waals surface area contributed by atoms with Crippen molar-refractivity contribution in [1.29, 1.82) is 0 Å². The average Bonchev–Trinajstić information content (AvgIpc) is 2.61. The van der Waals surface area contributed by atoms with Gasteiger partial charge in [-0.05, 0) is 31.3 Å². The fraction of sp³-hybridized carbons (Fsp3) is 0.182. The molecule has 0 unspecified atom stereocenters. The van der Waals surface area contributed by atoms with Crippen molar-refractivity contribution in [1.82, 2.24) is 0 Å². The SMILES string of the molecule is C=C/C=C(\C)CC[n+]1ccccc1-c1ccccc1CC(=C)N=C. The van der Waals surface area contributed by atoms with Gasteiger partial charge in [-0.25, -0.2) is 0 Å². The largest absolute Gasteiger partial charge is 0.269 e. The topological polar surface area (TPSA) is 16.2 Å². The molecule has 2 aromatic rings. The van der Waals surface area contributed by atoms with Gasteiger partial charge >= 0.3 is 0 Å². The molecule has 0 aliphatic rings. The Morgan fingerprint density at radius 2 is 1.92 bits per heavy atom. The molecule has 0 radical (unpaired) electrons. The first-order valence-corrected chi connectivity index (χ1v) is 8.15. The van der Waals surface area contributed by atoms with Crippen molar-refractivity contribution in [2.24, 2.45) is 4.99 Å². The Bertz CT molecular complexity index is 769. The van der Waals surface area contributed by atoms with Gasteiger partial charge in [0.2, 0.25) is 5.69 Å². The van der Waals surface area contributed by atoms with Crippen molar-refractivity contribution < 1.29 is 4.57 Å². The molecule has 0 amide bonds. The second-order valence-electron chi connectivity index (χ2n) is 5.84. The predicted molar refractivity (Wildman–Crippen MR) is 103 cm³/mol. The van der Waals surface area contributed by atoms with Crippen molar-refractivity contribution in [2.45, 2.75) is 26.3 Å². The number of benzene rings is 1. The third-order valence-corrected chi connectivity index (χ3v) is 4.00. The Labute approximate surface area is 145 Å². The van der Waals surface area contributed by atoms with Crippen molar-refractivity contribution in [3.05, 3.63) is 90.8 Å². The van der Waals surface area contributed by atoms with Crippen LogP contribution in [-0.4, -0.2) is 6.72 Å². The summed E-state index contributed by atoms with van der Waals surface area (Å²) in [6.07, 6.45) is 7.75. The van der Waals surface area contributed by atoms with Gasteiger partial charge in [0, 0.05) is 36.2 Å². The zero-order valence-electron chi connectivity index (χ0n) is 14.4. The zero-order valence-corrected chi connectivity index (χ0v) is 14.4. The van der Waals surface area contributed by atoms with Crippen LogP contribution < -0.4 is 4.57 Å². The highest BCUT2D eigenvalue weighted by atomic mass is 15.0. The molecule has 0 aliphatic carbocycles. The van der Waals surface area contributed by atoms with Crippen LogP contribution in [0.2, 0.25) is 0 Å². The van der Waals surface area contributed by atoms with E-state index in [4.69, 9.17) is 0 Å². The van der Waals surface area contributed by atoms with Gasteiger partial charge in [-0.2, -0.15) is 4.57 Å². The lowest BCUT2D eigenvalue weighted by Crippen LogP contribution is -2.36. The van der Waals surface area contributed by atoms with Gasteiger partial charge in [-0.1, -0.05) is 49.1 Å². The van der Waals surface area contributed by atoms with Crippen LogP contribution in [0, 0.1) is 0 Å². The van der Waals surface area contributed by atoms with Gasteiger partial charge in [0.15, 0.2) is 12.7 Å². The predicted octanol–water partition coefficient (Wildman–Crippen LogP) is 4.92. The molecule has 2 heteroatoms. The highest BCUT2D eigenvalue weighted by molar-refractivity contribution is 5.61. The van der Waals surface area contributed by atoms with Gasteiger partial charge in [-0.15, -0.1) is 0 Å². The second kappa shape index (κ2) is 8.78. The first-order chi connectivity index (χ1) is 11.7. The molecule has 1 heterocycles. The summed E-state index contributed by atoms with van der Waals surface area (Å²) in [5.74, 6) is 0. The maximum atomic E-state index is 3.95. The molecule has 1 aromatic carbocycles. The summed E-state index contributed by atoms with van der Waals surface area (Å²) in [4.78, 5) is 3.95. The number of aliphatic imine (C=N–C) groups is 1. The standard InChI is InChI=1S/C22H25N2/c1-5-10-18(2)14-16-24-15-9-8-13-22(24)21-12-7-6-11-20(21)17-19(3)23-4/h5-13,15H,1,3-4,14,16-17H2,2H3/q+1/b18-10+. The maximum absolute atomic E-state index is 3.95. The Morgan fingerprint density at radius 3 is 2.67 bits per heavy atom. The molecule has 0 N–H and O–H groups in total. The third-order valence-electron chi connectivity index (χ3n) is 4.00. The number of hydrogen-bond donors (Lipinski definition) is 0. The highest BCUT2D eigenvalue weighted by Crippen LogP contribution is 2.23. The van der Waals surface area contributed by atoms with E-state index in [9.17, 15) is 0 Å². The molecule has 2 nitrogen and oxygen atoms in total. The van der Waals surface area contributed by atoms with Crippen molar-refractivity contribution >= 4 is 6.72 Å². The summed E-state index contributed by atoms with van der Waals surface area (Å²) < 4.78 is 2.30. The fourth-order valence-electron chi connectivity index (χ4n) is 2.70. The van der Waals surface area contributed by atoms with Crippen molar-refractivity contribution in [3.63, 3.8) is 0 Å². The van der Waals surface area contributed by atoms with E-state index in [2.05, 4.69) is 91.1 Å². The van der Waals surface area contributed by atoms with Crippen LogP contribution in [-0.2, 0) is 13.0 Å². The molecule has 2 rings (SSSR count). The van der Waals surface area contributed by atoms with Gasteiger partial charge in [0.25, 0.3) is 0 Å². The first kappa shape index (κ1) is 17.6. The Balaban J connectivity index is 2.36. The number of rotatable bonds is 8. The summed E-state index contributed by atoms with van der Waals surface area (Å²) in [6.45, 7) is 14.4. The molecule has 0 spiro atoms. The zero-order chi connectivity index (χ0) is 17.4. The van der Waals surface area contributed by atoms with Gasteiger partial charge < -0.3 is 0 Å². The van der Waals surface area contributed by atoms with Gasteiger partial charge in [-0.3, -0.25) is 4.99 Å². The molecule has 0 bridgehead atoms. The maximum Gasteiger partial charge on any atom is 0.212 e. The van der Waals surface area contributed by atoms with Crippen LogP contribution in [0.15, 0.2) is 90.2 Å². The number of hydrogen-bond acceptors (Lipinski definition) is 1. The quantitative estimate of drug-likeness (QED) is 0.373. The summed E-state index contributed by atoms with van der Waals surface area (Å²) in [5.41, 5.74) is 5.75. The number of pyridine rings is 1. The molecule has 24 heavy (non-hydrogen) atoms. The van der Waals surface area contributed by atoms with E-state index >= 15 is 0 Å². The lowest BCUT2D eigenvalue weighted by molar-refractivity contribution is -0.685. The second-order valence-corrected chi connectivity index (χ2v) is 5.84.